The van der Waals surface area contributed by atoms with Gasteiger partial charge in [-0.3, -0.25) is 4.98 Å². The molecule has 0 saturated heterocycles. The minimum atomic E-state index is 0.588. The second kappa shape index (κ2) is 7.97. The zero-order valence-corrected chi connectivity index (χ0v) is 16.8. The van der Waals surface area contributed by atoms with E-state index < -0.39 is 0 Å². The van der Waals surface area contributed by atoms with Crippen LogP contribution in [0.5, 0.6) is 0 Å². The molecular formula is C24H18ClN5. The molecule has 5 aromatic rings. The summed E-state index contributed by atoms with van der Waals surface area (Å²) in [6, 6.07) is 25.8. The molecule has 1 N–H and O–H groups in total. The quantitative estimate of drug-likeness (QED) is 0.401. The van der Waals surface area contributed by atoms with Crippen LogP contribution >= 0.6 is 11.6 Å². The lowest BCUT2D eigenvalue weighted by molar-refractivity contribution is 0.918. The van der Waals surface area contributed by atoms with Gasteiger partial charge in [0, 0.05) is 28.4 Å². The Morgan fingerprint density at radius 2 is 1.67 bits per heavy atom. The van der Waals surface area contributed by atoms with E-state index in [4.69, 9.17) is 16.6 Å². The summed E-state index contributed by atoms with van der Waals surface area (Å²) in [5.74, 6) is 0.852. The minimum absolute atomic E-state index is 0.588. The molecule has 0 fully saturated rings. The monoisotopic (exact) mass is 411 g/mol. The molecule has 0 amide bonds. The second-order valence-electron chi connectivity index (χ2n) is 6.87. The van der Waals surface area contributed by atoms with Crippen LogP contribution in [-0.4, -0.2) is 19.6 Å². The fraction of sp³-hybridized carbons (Fsp3) is 0.0417. The molecule has 0 spiro atoms. The molecule has 0 saturated carbocycles. The topological polar surface area (TPSA) is 55.1 Å². The van der Waals surface area contributed by atoms with Crippen molar-refractivity contribution in [3.05, 3.63) is 102 Å². The lowest BCUT2D eigenvalue weighted by Crippen LogP contribution is -2.07. The molecule has 0 unspecified atom stereocenters. The van der Waals surface area contributed by atoms with Crippen LogP contribution in [0.15, 0.2) is 91.3 Å². The molecule has 0 aliphatic rings. The first-order valence-electron chi connectivity index (χ1n) is 9.62. The molecule has 5 nitrogen and oxygen atoms in total. The average Bonchev–Trinajstić information content (AvgIpc) is 3.23. The summed E-state index contributed by atoms with van der Waals surface area (Å²) >= 11 is 6.07. The van der Waals surface area contributed by atoms with Gasteiger partial charge in [0.1, 0.15) is 5.82 Å². The maximum Gasteiger partial charge on any atom is 0.165 e. The highest BCUT2D eigenvalue weighted by Crippen LogP contribution is 2.29. The highest BCUT2D eigenvalue weighted by atomic mass is 35.5. The summed E-state index contributed by atoms with van der Waals surface area (Å²) < 4.78 is 1.83. The fourth-order valence-electron chi connectivity index (χ4n) is 3.36. The van der Waals surface area contributed by atoms with Crippen molar-refractivity contribution < 1.29 is 0 Å². The molecule has 146 valence electrons. The lowest BCUT2D eigenvalue weighted by Gasteiger charge is -2.11. The largest absolute Gasteiger partial charge is 0.364 e. The Morgan fingerprint density at radius 1 is 0.867 bits per heavy atom. The van der Waals surface area contributed by atoms with E-state index in [0.717, 1.165) is 39.5 Å². The standard InChI is InChI=1S/C24H18ClN5/c25-19-11-9-17(10-12-19)21-16-28-30-23(27-15-20-8-4-5-13-26-20)14-22(29-24(21)30)18-6-2-1-3-7-18/h1-14,16,27H,15H2. The predicted molar refractivity (Wildman–Crippen MR) is 120 cm³/mol. The molecule has 3 heterocycles. The molecule has 0 aliphatic carbocycles. The molecule has 3 aromatic heterocycles. The van der Waals surface area contributed by atoms with E-state index in [1.54, 1.807) is 6.20 Å². The van der Waals surface area contributed by atoms with Crippen LogP contribution in [0.2, 0.25) is 5.02 Å². The molecule has 0 radical (unpaired) electrons. The van der Waals surface area contributed by atoms with Crippen LogP contribution in [0, 0.1) is 0 Å². The highest BCUT2D eigenvalue weighted by Gasteiger charge is 2.14. The van der Waals surface area contributed by atoms with Gasteiger partial charge in [-0.05, 0) is 29.8 Å². The Morgan fingerprint density at radius 3 is 2.43 bits per heavy atom. The summed E-state index contributed by atoms with van der Waals surface area (Å²) in [6.45, 7) is 0.588. The van der Waals surface area contributed by atoms with Gasteiger partial charge < -0.3 is 5.32 Å². The summed E-state index contributed by atoms with van der Waals surface area (Å²) in [5.41, 5.74) is 5.62. The number of pyridine rings is 1. The van der Waals surface area contributed by atoms with E-state index in [9.17, 15) is 0 Å². The molecular weight excluding hydrogens is 394 g/mol. The number of hydrogen-bond acceptors (Lipinski definition) is 4. The fourth-order valence-corrected chi connectivity index (χ4v) is 3.49. The Labute approximate surface area is 179 Å². The van der Waals surface area contributed by atoms with Gasteiger partial charge >= 0.3 is 0 Å². The lowest BCUT2D eigenvalue weighted by atomic mass is 10.1. The molecule has 5 rings (SSSR count). The Kier molecular flexibility index (Phi) is 4.87. The summed E-state index contributed by atoms with van der Waals surface area (Å²) in [5, 5.41) is 8.77. The first-order chi connectivity index (χ1) is 14.8. The first-order valence-corrected chi connectivity index (χ1v) is 10.00. The zero-order chi connectivity index (χ0) is 20.3. The van der Waals surface area contributed by atoms with Gasteiger partial charge in [0.15, 0.2) is 5.65 Å². The van der Waals surface area contributed by atoms with Crippen molar-refractivity contribution in [3.8, 4) is 22.4 Å². The summed E-state index contributed by atoms with van der Waals surface area (Å²) in [7, 11) is 0. The second-order valence-corrected chi connectivity index (χ2v) is 7.30. The van der Waals surface area contributed by atoms with E-state index in [1.165, 1.54) is 0 Å². The van der Waals surface area contributed by atoms with E-state index in [2.05, 4.69) is 27.5 Å². The SMILES string of the molecule is Clc1ccc(-c2cnn3c(NCc4ccccn4)cc(-c4ccccc4)nc23)cc1. The Balaban J connectivity index is 1.63. The van der Waals surface area contributed by atoms with Crippen molar-refractivity contribution in [2.45, 2.75) is 6.54 Å². The molecule has 2 aromatic carbocycles. The maximum atomic E-state index is 6.07. The van der Waals surface area contributed by atoms with Gasteiger partial charge in [-0.25, -0.2) is 4.98 Å². The number of halogens is 1. The molecule has 30 heavy (non-hydrogen) atoms. The van der Waals surface area contributed by atoms with Gasteiger partial charge in [-0.15, -0.1) is 0 Å². The molecule has 6 heteroatoms. The number of nitrogens with zero attached hydrogens (tertiary/aromatic N) is 4. The number of hydrogen-bond donors (Lipinski definition) is 1. The summed E-state index contributed by atoms with van der Waals surface area (Å²) in [6.07, 6.45) is 3.63. The smallest absolute Gasteiger partial charge is 0.165 e. The van der Waals surface area contributed by atoms with Crippen molar-refractivity contribution in [2.24, 2.45) is 0 Å². The number of benzene rings is 2. The molecule has 0 bridgehead atoms. The third kappa shape index (κ3) is 3.63. The van der Waals surface area contributed by atoms with E-state index in [0.29, 0.717) is 11.6 Å². The number of fused-ring (bicyclic) bond motifs is 1. The van der Waals surface area contributed by atoms with Crippen LogP contribution < -0.4 is 5.32 Å². The van der Waals surface area contributed by atoms with Crippen molar-refractivity contribution in [2.75, 3.05) is 5.32 Å². The molecule has 0 aliphatic heterocycles. The zero-order valence-electron chi connectivity index (χ0n) is 16.0. The third-order valence-corrected chi connectivity index (χ3v) is 5.13. The Hall–Kier alpha value is -3.70. The van der Waals surface area contributed by atoms with Crippen LogP contribution in [0.4, 0.5) is 5.82 Å². The average molecular weight is 412 g/mol. The number of aromatic nitrogens is 4. The predicted octanol–water partition coefficient (Wildman–Crippen LogP) is 5.72. The van der Waals surface area contributed by atoms with Crippen molar-refractivity contribution >= 4 is 23.1 Å². The van der Waals surface area contributed by atoms with Gasteiger partial charge in [0.2, 0.25) is 0 Å². The van der Waals surface area contributed by atoms with Gasteiger partial charge in [0.25, 0.3) is 0 Å². The number of anilines is 1. The first kappa shape index (κ1) is 18.3. The van der Waals surface area contributed by atoms with Crippen molar-refractivity contribution in [3.63, 3.8) is 0 Å². The van der Waals surface area contributed by atoms with Crippen molar-refractivity contribution in [1.82, 2.24) is 19.6 Å². The summed E-state index contributed by atoms with van der Waals surface area (Å²) in [4.78, 5) is 9.33. The van der Waals surface area contributed by atoms with E-state index in [1.807, 2.05) is 77.4 Å². The van der Waals surface area contributed by atoms with Gasteiger partial charge in [0.05, 0.1) is 24.1 Å². The van der Waals surface area contributed by atoms with Crippen LogP contribution in [0.1, 0.15) is 5.69 Å². The van der Waals surface area contributed by atoms with Gasteiger partial charge in [-0.2, -0.15) is 9.61 Å². The minimum Gasteiger partial charge on any atom is -0.364 e. The van der Waals surface area contributed by atoms with Gasteiger partial charge in [-0.1, -0.05) is 60.1 Å². The molecule has 0 atom stereocenters. The Bertz CT molecular complexity index is 1280. The maximum absolute atomic E-state index is 6.07. The van der Waals surface area contributed by atoms with Crippen LogP contribution in [-0.2, 0) is 6.54 Å². The highest BCUT2D eigenvalue weighted by molar-refractivity contribution is 6.30. The number of nitrogens with one attached hydrogen (secondary N) is 1. The van der Waals surface area contributed by atoms with Crippen molar-refractivity contribution in [1.29, 1.82) is 0 Å². The van der Waals surface area contributed by atoms with E-state index in [-0.39, 0.29) is 0 Å². The van der Waals surface area contributed by atoms with E-state index >= 15 is 0 Å². The van der Waals surface area contributed by atoms with Crippen LogP contribution in [0.3, 0.4) is 0 Å². The van der Waals surface area contributed by atoms with Crippen LogP contribution in [0.25, 0.3) is 28.0 Å². The normalized spacial score (nSPS) is 11.0. The third-order valence-electron chi connectivity index (χ3n) is 4.87. The number of rotatable bonds is 5.